The maximum absolute atomic E-state index is 12.6. The summed E-state index contributed by atoms with van der Waals surface area (Å²) in [5.41, 5.74) is 1.56. The van der Waals surface area contributed by atoms with Gasteiger partial charge in [-0.25, -0.2) is 4.79 Å². The molecule has 0 aliphatic carbocycles. The Morgan fingerprint density at radius 3 is 1.96 bits per heavy atom. The third-order valence-corrected chi connectivity index (χ3v) is 4.08. The van der Waals surface area contributed by atoms with E-state index in [1.54, 1.807) is 24.3 Å². The molecule has 0 aromatic heterocycles. The summed E-state index contributed by atoms with van der Waals surface area (Å²) in [4.78, 5) is 12.6. The zero-order valence-electron chi connectivity index (χ0n) is 14.3. The topological polar surface area (TPSA) is 35.5 Å². The molecule has 144 valence electrons. The highest BCUT2D eigenvalue weighted by atomic mass is 35.5. The maximum atomic E-state index is 12.6. The van der Waals surface area contributed by atoms with Crippen molar-refractivity contribution in [2.75, 3.05) is 0 Å². The van der Waals surface area contributed by atoms with E-state index in [1.807, 2.05) is 30.3 Å². The van der Waals surface area contributed by atoms with Gasteiger partial charge in [0, 0.05) is 5.02 Å². The molecule has 0 N–H and O–H groups in total. The molecular formula is C21H14ClF3O3. The van der Waals surface area contributed by atoms with Gasteiger partial charge in [0.05, 0.1) is 5.56 Å². The summed E-state index contributed by atoms with van der Waals surface area (Å²) in [6, 6.07) is 20.5. The first-order valence-electron chi connectivity index (χ1n) is 8.19. The van der Waals surface area contributed by atoms with E-state index in [-0.39, 0.29) is 5.56 Å². The van der Waals surface area contributed by atoms with Crippen molar-refractivity contribution in [2.24, 2.45) is 0 Å². The lowest BCUT2D eigenvalue weighted by Gasteiger charge is -2.19. The molecule has 0 saturated carbocycles. The van der Waals surface area contributed by atoms with Gasteiger partial charge in [0.2, 0.25) is 0 Å². The first-order valence-corrected chi connectivity index (χ1v) is 8.57. The molecule has 0 heterocycles. The fraction of sp³-hybridized carbons (Fsp3) is 0.0952. The van der Waals surface area contributed by atoms with Crippen molar-refractivity contribution in [3.63, 3.8) is 0 Å². The minimum atomic E-state index is -4.80. The number of alkyl halides is 3. The number of halogens is 4. The zero-order chi connectivity index (χ0) is 20.1. The van der Waals surface area contributed by atoms with Gasteiger partial charge in [-0.3, -0.25) is 0 Å². The van der Waals surface area contributed by atoms with Crippen LogP contribution in [-0.4, -0.2) is 12.3 Å². The number of ether oxygens (including phenoxy) is 2. The van der Waals surface area contributed by atoms with Gasteiger partial charge in [-0.1, -0.05) is 54.1 Å². The average Bonchev–Trinajstić information content (AvgIpc) is 2.67. The molecule has 0 aliphatic rings. The van der Waals surface area contributed by atoms with Crippen LogP contribution in [-0.2, 0) is 4.74 Å². The second kappa shape index (κ2) is 8.35. The van der Waals surface area contributed by atoms with Gasteiger partial charge in [-0.2, -0.15) is 0 Å². The summed E-state index contributed by atoms with van der Waals surface area (Å²) >= 11 is 5.92. The van der Waals surface area contributed by atoms with Crippen molar-refractivity contribution in [2.45, 2.75) is 12.5 Å². The number of benzene rings is 3. The number of rotatable bonds is 5. The molecule has 3 aromatic rings. The fourth-order valence-electron chi connectivity index (χ4n) is 2.56. The molecule has 0 spiro atoms. The Bertz CT molecular complexity index is 924. The molecule has 0 bridgehead atoms. The number of esters is 1. The van der Waals surface area contributed by atoms with E-state index in [4.69, 9.17) is 16.3 Å². The van der Waals surface area contributed by atoms with Crippen molar-refractivity contribution in [1.82, 2.24) is 0 Å². The van der Waals surface area contributed by atoms with Crippen molar-refractivity contribution >= 4 is 17.6 Å². The normalized spacial score (nSPS) is 12.3. The molecule has 1 unspecified atom stereocenters. The van der Waals surface area contributed by atoms with Crippen LogP contribution in [0.5, 0.6) is 5.75 Å². The third-order valence-electron chi connectivity index (χ3n) is 3.82. The Hall–Kier alpha value is -2.99. The number of carbonyl (C=O) groups excluding carboxylic acids is 1. The Morgan fingerprint density at radius 1 is 0.821 bits per heavy atom. The Morgan fingerprint density at radius 2 is 1.39 bits per heavy atom. The van der Waals surface area contributed by atoms with Gasteiger partial charge in [0.1, 0.15) is 5.75 Å². The Balaban J connectivity index is 1.82. The van der Waals surface area contributed by atoms with Gasteiger partial charge in [-0.15, -0.1) is 13.2 Å². The van der Waals surface area contributed by atoms with Crippen LogP contribution < -0.4 is 4.74 Å². The van der Waals surface area contributed by atoms with E-state index < -0.39 is 24.2 Å². The van der Waals surface area contributed by atoms with Crippen LogP contribution in [0.4, 0.5) is 13.2 Å². The van der Waals surface area contributed by atoms with Crippen LogP contribution in [0.2, 0.25) is 5.02 Å². The minimum Gasteiger partial charge on any atom is -0.449 e. The van der Waals surface area contributed by atoms with Crippen molar-refractivity contribution in [1.29, 1.82) is 0 Å². The predicted octanol–water partition coefficient (Wildman–Crippen LogP) is 6.19. The van der Waals surface area contributed by atoms with Gasteiger partial charge in [-0.05, 0) is 47.5 Å². The number of hydrogen-bond acceptors (Lipinski definition) is 3. The van der Waals surface area contributed by atoms with E-state index in [0.29, 0.717) is 10.6 Å². The highest BCUT2D eigenvalue weighted by Gasteiger charge is 2.31. The standard InChI is InChI=1S/C21H14ClF3O3/c22-17-10-6-15(7-11-17)19(14-4-2-1-3-5-14)27-20(26)16-8-12-18(13-9-16)28-21(23,24)25/h1-13,19H. The Labute approximate surface area is 164 Å². The molecule has 0 radical (unpaired) electrons. The third kappa shape index (κ3) is 5.27. The minimum absolute atomic E-state index is 0.101. The SMILES string of the molecule is O=C(OC(c1ccccc1)c1ccc(Cl)cc1)c1ccc(OC(F)(F)F)cc1. The Kier molecular flexibility index (Phi) is 5.90. The van der Waals surface area contributed by atoms with Crippen LogP contribution in [0.1, 0.15) is 27.6 Å². The van der Waals surface area contributed by atoms with Crippen LogP contribution in [0.15, 0.2) is 78.9 Å². The lowest BCUT2D eigenvalue weighted by atomic mass is 10.0. The molecule has 3 aromatic carbocycles. The van der Waals surface area contributed by atoms with Crippen molar-refractivity contribution < 1.29 is 27.4 Å². The van der Waals surface area contributed by atoms with Crippen LogP contribution in [0.25, 0.3) is 0 Å². The highest BCUT2D eigenvalue weighted by molar-refractivity contribution is 6.30. The molecule has 0 amide bonds. The van der Waals surface area contributed by atoms with E-state index in [1.165, 1.54) is 12.1 Å². The largest absolute Gasteiger partial charge is 0.573 e. The summed E-state index contributed by atoms with van der Waals surface area (Å²) in [7, 11) is 0. The average molecular weight is 407 g/mol. The lowest BCUT2D eigenvalue weighted by molar-refractivity contribution is -0.274. The molecule has 3 rings (SSSR count). The van der Waals surface area contributed by atoms with E-state index >= 15 is 0 Å². The van der Waals surface area contributed by atoms with Crippen molar-refractivity contribution in [3.8, 4) is 5.75 Å². The van der Waals surface area contributed by atoms with E-state index in [9.17, 15) is 18.0 Å². The number of carbonyl (C=O) groups is 1. The molecule has 0 saturated heterocycles. The fourth-order valence-corrected chi connectivity index (χ4v) is 2.69. The summed E-state index contributed by atoms with van der Waals surface area (Å²) in [5, 5.41) is 0.544. The second-order valence-electron chi connectivity index (χ2n) is 5.82. The smallest absolute Gasteiger partial charge is 0.449 e. The first-order chi connectivity index (χ1) is 13.3. The van der Waals surface area contributed by atoms with Gasteiger partial charge < -0.3 is 9.47 Å². The molecular weight excluding hydrogens is 393 g/mol. The summed E-state index contributed by atoms with van der Waals surface area (Å²) < 4.78 is 46.2. The molecule has 1 atom stereocenters. The van der Waals surface area contributed by atoms with Gasteiger partial charge in [0.25, 0.3) is 0 Å². The quantitative estimate of drug-likeness (QED) is 0.474. The summed E-state index contributed by atoms with van der Waals surface area (Å²) in [5.74, 6) is -1.09. The van der Waals surface area contributed by atoms with Gasteiger partial charge in [0.15, 0.2) is 6.10 Å². The van der Waals surface area contributed by atoms with Crippen molar-refractivity contribution in [3.05, 3.63) is 101 Å². The predicted molar refractivity (Wildman–Crippen MR) is 98.3 cm³/mol. The molecule has 0 fully saturated rings. The highest BCUT2D eigenvalue weighted by Crippen LogP contribution is 2.29. The maximum Gasteiger partial charge on any atom is 0.573 e. The second-order valence-corrected chi connectivity index (χ2v) is 6.26. The van der Waals surface area contributed by atoms with E-state index in [2.05, 4.69) is 4.74 Å². The summed E-state index contributed by atoms with van der Waals surface area (Å²) in [6.07, 6.45) is -5.49. The monoisotopic (exact) mass is 406 g/mol. The van der Waals surface area contributed by atoms with Crippen LogP contribution in [0.3, 0.4) is 0 Å². The molecule has 7 heteroatoms. The van der Waals surface area contributed by atoms with Crippen LogP contribution in [0, 0.1) is 0 Å². The van der Waals surface area contributed by atoms with Gasteiger partial charge >= 0.3 is 12.3 Å². The first kappa shape index (κ1) is 19.8. The molecule has 0 aliphatic heterocycles. The number of hydrogen-bond donors (Lipinski definition) is 0. The summed E-state index contributed by atoms with van der Waals surface area (Å²) in [6.45, 7) is 0. The lowest BCUT2D eigenvalue weighted by Crippen LogP contribution is -2.17. The molecule has 28 heavy (non-hydrogen) atoms. The molecule has 3 nitrogen and oxygen atoms in total. The van der Waals surface area contributed by atoms with E-state index in [0.717, 1.165) is 17.7 Å². The zero-order valence-corrected chi connectivity index (χ0v) is 15.1. The van der Waals surface area contributed by atoms with Crippen LogP contribution >= 0.6 is 11.6 Å².